The van der Waals surface area contributed by atoms with Crippen LogP contribution < -0.4 is 21.5 Å². The van der Waals surface area contributed by atoms with Crippen molar-refractivity contribution in [3.8, 4) is 5.82 Å². The van der Waals surface area contributed by atoms with E-state index in [2.05, 4.69) is 31.0 Å². The van der Waals surface area contributed by atoms with Crippen molar-refractivity contribution in [2.45, 2.75) is 25.0 Å². The molecule has 11 nitrogen and oxygen atoms in total. The fraction of sp³-hybridized carbons (Fsp3) is 0.261. The summed E-state index contributed by atoms with van der Waals surface area (Å²) in [6.07, 6.45) is 5.16. The van der Waals surface area contributed by atoms with Gasteiger partial charge in [0.05, 0.1) is 22.5 Å². The van der Waals surface area contributed by atoms with Crippen LogP contribution in [0.3, 0.4) is 0 Å². The van der Waals surface area contributed by atoms with Gasteiger partial charge in [0.25, 0.3) is 11.5 Å². The maximum Gasteiger partial charge on any atom is 0.279 e. The number of hydrogen-bond acceptors (Lipinski definition) is 8. The van der Waals surface area contributed by atoms with Crippen molar-refractivity contribution in [2.24, 2.45) is 0 Å². The maximum absolute atomic E-state index is 13.1. The van der Waals surface area contributed by atoms with Gasteiger partial charge >= 0.3 is 0 Å². The highest BCUT2D eigenvalue weighted by Gasteiger charge is 2.33. The van der Waals surface area contributed by atoms with Gasteiger partial charge < -0.3 is 20.7 Å². The largest absolute Gasteiger partial charge is 0.379 e. The first-order valence-corrected chi connectivity index (χ1v) is 10.7. The van der Waals surface area contributed by atoms with Gasteiger partial charge in [0.1, 0.15) is 28.7 Å². The van der Waals surface area contributed by atoms with Gasteiger partial charge in [-0.05, 0) is 37.1 Å². The molecular formula is C23H24N8O3. The molecule has 1 aliphatic carbocycles. The number of anilines is 3. The molecular weight excluding hydrogens is 436 g/mol. The predicted octanol–water partition coefficient (Wildman–Crippen LogP) is 1.97. The molecule has 0 spiro atoms. The monoisotopic (exact) mass is 463 g/mol. The number of fused-ring (bicyclic) bond motifs is 1. The molecule has 2 atom stereocenters. The van der Waals surface area contributed by atoms with Crippen molar-refractivity contribution in [3.05, 3.63) is 70.9 Å². The molecule has 174 valence electrons. The predicted molar refractivity (Wildman–Crippen MR) is 127 cm³/mol. The first kappa shape index (κ1) is 18.2. The number of carbonyl (C=O) groups is 1. The molecule has 1 aliphatic rings. The molecule has 3 N–H and O–H groups in total. The Hall–Kier alpha value is -4.25. The number of rotatable bonds is 7. The van der Waals surface area contributed by atoms with Gasteiger partial charge in [0.2, 0.25) is 0 Å². The molecule has 0 aromatic carbocycles. The molecule has 11 heteroatoms. The number of ether oxygens (including phenoxy) is 1. The molecule has 0 unspecified atom stereocenters. The van der Waals surface area contributed by atoms with Crippen LogP contribution in [0.4, 0.5) is 17.3 Å². The standard InChI is InChI=1S/C23H24N8O3/c1-24-20-12-18(27-16-6-5-11-30(23(16)33)19-7-3-4-10-25-19)29-21-14(13-26-31(20)21)22(32)28-15-8-9-17(15)34-2/h3-7,10-13,15,17,24H,8-9H2,1-2H3,(H,27,29)(H,28,32)/t15-,17-/m1/s1/i2D3. The summed E-state index contributed by atoms with van der Waals surface area (Å²) in [5.41, 5.74) is 0.376. The zero-order chi connectivity index (χ0) is 26.2. The third-order valence-corrected chi connectivity index (χ3v) is 5.76. The summed E-state index contributed by atoms with van der Waals surface area (Å²) in [5, 5.41) is 13.1. The third-order valence-electron chi connectivity index (χ3n) is 5.76. The summed E-state index contributed by atoms with van der Waals surface area (Å²) in [6, 6.07) is 9.84. The Balaban J connectivity index is 1.43. The minimum Gasteiger partial charge on any atom is -0.379 e. The number of nitrogens with zero attached hydrogens (tertiary/aromatic N) is 5. The summed E-state index contributed by atoms with van der Waals surface area (Å²) in [5.74, 6) is 0.860. The highest BCUT2D eigenvalue weighted by Crippen LogP contribution is 2.24. The Morgan fingerprint density at radius 3 is 2.91 bits per heavy atom. The zero-order valence-corrected chi connectivity index (χ0v) is 18.2. The smallest absolute Gasteiger partial charge is 0.279 e. The van der Waals surface area contributed by atoms with E-state index in [0.29, 0.717) is 30.3 Å². The molecule has 0 radical (unpaired) electrons. The van der Waals surface area contributed by atoms with Gasteiger partial charge in [-0.2, -0.15) is 9.61 Å². The Morgan fingerprint density at radius 1 is 1.26 bits per heavy atom. The van der Waals surface area contributed by atoms with Crippen LogP contribution in [0, 0.1) is 0 Å². The number of methoxy groups -OCH3 is 1. The van der Waals surface area contributed by atoms with Crippen LogP contribution in [0.15, 0.2) is 59.8 Å². The Morgan fingerprint density at radius 2 is 2.18 bits per heavy atom. The summed E-state index contributed by atoms with van der Waals surface area (Å²) < 4.78 is 29.8. The van der Waals surface area contributed by atoms with Crippen molar-refractivity contribution in [3.63, 3.8) is 0 Å². The van der Waals surface area contributed by atoms with E-state index < -0.39 is 25.1 Å². The number of carbonyl (C=O) groups excluding carboxylic acids is 1. The quantitative estimate of drug-likeness (QED) is 0.380. The highest BCUT2D eigenvalue weighted by molar-refractivity contribution is 6.00. The molecule has 0 aliphatic heterocycles. The number of aromatic nitrogens is 5. The van der Waals surface area contributed by atoms with Crippen LogP contribution in [0.1, 0.15) is 27.3 Å². The molecule has 4 aromatic rings. The minimum absolute atomic E-state index is 0.193. The van der Waals surface area contributed by atoms with Gasteiger partial charge in [0, 0.05) is 32.5 Å². The summed E-state index contributed by atoms with van der Waals surface area (Å²) in [7, 11) is -0.837. The average molecular weight is 464 g/mol. The van der Waals surface area contributed by atoms with E-state index >= 15 is 0 Å². The first-order valence-electron chi connectivity index (χ1n) is 12.2. The number of amides is 1. The van der Waals surface area contributed by atoms with Crippen molar-refractivity contribution < 1.29 is 13.6 Å². The first-order chi connectivity index (χ1) is 17.7. The molecule has 0 saturated heterocycles. The molecule has 1 saturated carbocycles. The van der Waals surface area contributed by atoms with Crippen molar-refractivity contribution in [2.75, 3.05) is 24.7 Å². The molecule has 5 rings (SSSR count). The second-order valence-corrected chi connectivity index (χ2v) is 7.79. The topological polar surface area (TPSA) is 127 Å². The van der Waals surface area contributed by atoms with E-state index in [1.807, 2.05) is 0 Å². The number of hydrogen-bond donors (Lipinski definition) is 3. The SMILES string of the molecule is [2H]C([2H])([2H])O[C@@H]1CC[C@H]1NC(=O)c1cnn2c(NC)cc(Nc3cccn(-c4ccccn4)c3=O)nc12. The normalized spacial score (nSPS) is 18.9. The van der Waals surface area contributed by atoms with Gasteiger partial charge in [-0.3, -0.25) is 14.2 Å². The lowest BCUT2D eigenvalue weighted by molar-refractivity contribution is 0.00732. The number of nitrogens with one attached hydrogen (secondary N) is 3. The van der Waals surface area contributed by atoms with E-state index in [-0.39, 0.29) is 22.5 Å². The Labute approximate surface area is 199 Å². The molecule has 1 amide bonds. The van der Waals surface area contributed by atoms with Crippen LogP contribution >= 0.6 is 0 Å². The molecule has 0 bridgehead atoms. The zero-order valence-electron chi connectivity index (χ0n) is 21.2. The molecule has 4 aromatic heterocycles. The average Bonchev–Trinajstić information content (AvgIpc) is 3.30. The fourth-order valence-corrected chi connectivity index (χ4v) is 3.79. The fourth-order valence-electron chi connectivity index (χ4n) is 3.79. The van der Waals surface area contributed by atoms with Crippen molar-refractivity contribution in [1.82, 2.24) is 29.5 Å². The van der Waals surface area contributed by atoms with Crippen molar-refractivity contribution >= 4 is 28.9 Å². The lowest BCUT2D eigenvalue weighted by Crippen LogP contribution is -2.51. The minimum atomic E-state index is -2.53. The van der Waals surface area contributed by atoms with Crippen LogP contribution in [-0.2, 0) is 4.74 Å². The van der Waals surface area contributed by atoms with Gasteiger partial charge in [-0.1, -0.05) is 6.07 Å². The summed E-state index contributed by atoms with van der Waals surface area (Å²) >= 11 is 0. The highest BCUT2D eigenvalue weighted by atomic mass is 16.5. The van der Waals surface area contributed by atoms with Crippen LogP contribution in [0.5, 0.6) is 0 Å². The van der Waals surface area contributed by atoms with E-state index in [1.165, 1.54) is 15.3 Å². The van der Waals surface area contributed by atoms with E-state index in [0.717, 1.165) is 0 Å². The van der Waals surface area contributed by atoms with Gasteiger partial charge in [-0.25, -0.2) is 9.97 Å². The molecule has 1 fully saturated rings. The maximum atomic E-state index is 13.1. The van der Waals surface area contributed by atoms with Gasteiger partial charge in [0.15, 0.2) is 5.65 Å². The lowest BCUT2D eigenvalue weighted by atomic mass is 9.89. The van der Waals surface area contributed by atoms with Crippen molar-refractivity contribution in [1.29, 1.82) is 0 Å². The molecule has 4 heterocycles. The van der Waals surface area contributed by atoms with E-state index in [1.54, 1.807) is 55.8 Å². The third kappa shape index (κ3) is 3.86. The Kier molecular flexibility index (Phi) is 4.79. The van der Waals surface area contributed by atoms with Gasteiger partial charge in [-0.15, -0.1) is 0 Å². The molecule has 34 heavy (non-hydrogen) atoms. The second kappa shape index (κ2) is 8.94. The van der Waals surface area contributed by atoms with Crippen LogP contribution in [0.2, 0.25) is 0 Å². The Bertz CT molecular complexity index is 1500. The van der Waals surface area contributed by atoms with E-state index in [4.69, 9.17) is 8.85 Å². The van der Waals surface area contributed by atoms with Crippen LogP contribution in [0.25, 0.3) is 11.5 Å². The van der Waals surface area contributed by atoms with E-state index in [9.17, 15) is 9.59 Å². The summed E-state index contributed by atoms with van der Waals surface area (Å²) in [4.78, 5) is 34.9. The second-order valence-electron chi connectivity index (χ2n) is 7.79. The van der Waals surface area contributed by atoms with Crippen LogP contribution in [-0.4, -0.2) is 56.3 Å². The number of pyridine rings is 2. The lowest BCUT2D eigenvalue weighted by Gasteiger charge is -2.35. The summed E-state index contributed by atoms with van der Waals surface area (Å²) in [6.45, 7) is 0.